The van der Waals surface area contributed by atoms with Gasteiger partial charge in [-0.25, -0.2) is 4.99 Å². The van der Waals surface area contributed by atoms with Crippen molar-refractivity contribution in [2.24, 2.45) is 10.9 Å². The molecule has 1 saturated heterocycles. The highest BCUT2D eigenvalue weighted by Gasteiger charge is 2.22. The highest BCUT2D eigenvalue weighted by Crippen LogP contribution is 2.13. The van der Waals surface area contributed by atoms with Crippen molar-refractivity contribution in [3.63, 3.8) is 0 Å². The summed E-state index contributed by atoms with van der Waals surface area (Å²) in [6.07, 6.45) is 3.00. The highest BCUT2D eigenvalue weighted by atomic mass is 127. The van der Waals surface area contributed by atoms with Crippen LogP contribution in [0.15, 0.2) is 23.3 Å². The molecule has 1 aromatic rings. The number of aryl methyl sites for hydroxylation is 1. The predicted molar refractivity (Wildman–Crippen MR) is 123 cm³/mol. The van der Waals surface area contributed by atoms with Crippen molar-refractivity contribution in [1.82, 2.24) is 20.5 Å². The molecule has 1 atom stereocenters. The quantitative estimate of drug-likeness (QED) is 0.334. The van der Waals surface area contributed by atoms with Crippen LogP contribution in [0.25, 0.3) is 0 Å². The third-order valence-corrected chi connectivity index (χ3v) is 4.66. The molecule has 1 unspecified atom stereocenters. The van der Waals surface area contributed by atoms with E-state index in [1.54, 1.807) is 0 Å². The fourth-order valence-electron chi connectivity index (χ4n) is 3.24. The Morgan fingerprint density at radius 1 is 1.30 bits per heavy atom. The molecule has 0 aromatic carbocycles. The molecule has 0 bridgehead atoms. The van der Waals surface area contributed by atoms with E-state index in [2.05, 4.69) is 54.3 Å². The summed E-state index contributed by atoms with van der Waals surface area (Å²) in [5.74, 6) is 1.53. The minimum Gasteiger partial charge on any atom is -0.379 e. The number of nitrogens with one attached hydrogen (secondary N) is 2. The molecule has 1 aliphatic rings. The van der Waals surface area contributed by atoms with Gasteiger partial charge >= 0.3 is 0 Å². The van der Waals surface area contributed by atoms with Gasteiger partial charge in [0.2, 0.25) is 0 Å². The molecule has 0 amide bonds. The second kappa shape index (κ2) is 13.3. The molecule has 1 fully saturated rings. The molecule has 2 rings (SSSR count). The smallest absolute Gasteiger partial charge is 0.191 e. The summed E-state index contributed by atoms with van der Waals surface area (Å²) < 4.78 is 5.51. The molecule has 0 spiro atoms. The van der Waals surface area contributed by atoms with Crippen molar-refractivity contribution in [2.75, 3.05) is 39.4 Å². The van der Waals surface area contributed by atoms with Gasteiger partial charge in [-0.2, -0.15) is 0 Å². The summed E-state index contributed by atoms with van der Waals surface area (Å²) in [6.45, 7) is 14.8. The summed E-state index contributed by atoms with van der Waals surface area (Å²) in [5.41, 5.74) is 2.20. The Hall–Kier alpha value is -0.930. The normalized spacial score (nSPS) is 16.7. The Labute approximate surface area is 181 Å². The zero-order valence-electron chi connectivity index (χ0n) is 17.2. The van der Waals surface area contributed by atoms with Gasteiger partial charge in [-0.05, 0) is 37.8 Å². The molecule has 154 valence electrons. The van der Waals surface area contributed by atoms with E-state index in [0.717, 1.165) is 51.0 Å². The average molecular weight is 489 g/mol. The van der Waals surface area contributed by atoms with Crippen LogP contribution in [-0.2, 0) is 11.3 Å². The van der Waals surface area contributed by atoms with Gasteiger partial charge in [0, 0.05) is 38.4 Å². The lowest BCUT2D eigenvalue weighted by molar-refractivity contribution is 0.0132. The highest BCUT2D eigenvalue weighted by molar-refractivity contribution is 14.0. The van der Waals surface area contributed by atoms with Crippen LogP contribution in [-0.4, -0.2) is 61.3 Å². The first-order valence-corrected chi connectivity index (χ1v) is 9.84. The van der Waals surface area contributed by atoms with Gasteiger partial charge in [-0.1, -0.05) is 19.9 Å². The van der Waals surface area contributed by atoms with Crippen LogP contribution in [0.1, 0.15) is 38.4 Å². The van der Waals surface area contributed by atoms with Crippen molar-refractivity contribution in [3.05, 3.63) is 29.6 Å². The third-order valence-electron chi connectivity index (χ3n) is 4.66. The number of aromatic nitrogens is 1. The number of nitrogens with zero attached hydrogens (tertiary/aromatic N) is 3. The van der Waals surface area contributed by atoms with Gasteiger partial charge in [0.05, 0.1) is 25.5 Å². The van der Waals surface area contributed by atoms with Crippen molar-refractivity contribution >= 4 is 29.9 Å². The monoisotopic (exact) mass is 489 g/mol. The maximum atomic E-state index is 5.51. The number of aliphatic imine (C=N–C) groups is 1. The lowest BCUT2D eigenvalue weighted by Gasteiger charge is -2.35. The fourth-order valence-corrected chi connectivity index (χ4v) is 3.24. The maximum Gasteiger partial charge on any atom is 0.191 e. The molecule has 2 N–H and O–H groups in total. The number of morpholine rings is 1. The predicted octanol–water partition coefficient (Wildman–Crippen LogP) is 2.81. The van der Waals surface area contributed by atoms with Crippen LogP contribution in [0, 0.1) is 12.8 Å². The largest absolute Gasteiger partial charge is 0.379 e. The summed E-state index contributed by atoms with van der Waals surface area (Å²) in [5, 5.41) is 6.89. The van der Waals surface area contributed by atoms with E-state index >= 15 is 0 Å². The summed E-state index contributed by atoms with van der Waals surface area (Å²) in [6, 6.07) is 4.54. The minimum absolute atomic E-state index is 0. The minimum atomic E-state index is 0. The number of halogens is 1. The summed E-state index contributed by atoms with van der Waals surface area (Å²) in [7, 11) is 0. The Kier molecular flexibility index (Phi) is 11.9. The Morgan fingerprint density at radius 3 is 2.67 bits per heavy atom. The lowest BCUT2D eigenvalue weighted by Crippen LogP contribution is -2.51. The molecule has 7 heteroatoms. The van der Waals surface area contributed by atoms with E-state index in [0.29, 0.717) is 18.5 Å². The fraction of sp³-hybridized carbons (Fsp3) is 0.700. The van der Waals surface area contributed by atoms with Crippen molar-refractivity contribution in [2.45, 2.75) is 46.7 Å². The number of rotatable bonds is 8. The molecule has 1 aromatic heterocycles. The molecule has 1 aliphatic heterocycles. The Balaban J connectivity index is 0.00000364. The van der Waals surface area contributed by atoms with Crippen LogP contribution in [0.4, 0.5) is 0 Å². The number of guanidine groups is 1. The zero-order valence-corrected chi connectivity index (χ0v) is 19.5. The Bertz CT molecular complexity index is 561. The topological polar surface area (TPSA) is 61.8 Å². The second-order valence-corrected chi connectivity index (χ2v) is 7.27. The lowest BCUT2D eigenvalue weighted by atomic mass is 10.0. The first-order valence-electron chi connectivity index (χ1n) is 9.84. The summed E-state index contributed by atoms with van der Waals surface area (Å²) >= 11 is 0. The molecular formula is C20H36IN5O. The van der Waals surface area contributed by atoms with Crippen molar-refractivity contribution in [1.29, 1.82) is 0 Å². The first kappa shape index (κ1) is 24.1. The van der Waals surface area contributed by atoms with Crippen LogP contribution in [0.5, 0.6) is 0 Å². The zero-order chi connectivity index (χ0) is 18.8. The van der Waals surface area contributed by atoms with Gasteiger partial charge in [0.1, 0.15) is 0 Å². The average Bonchev–Trinajstić information content (AvgIpc) is 2.64. The molecule has 0 aliphatic carbocycles. The third kappa shape index (κ3) is 8.74. The van der Waals surface area contributed by atoms with Crippen LogP contribution in [0.2, 0.25) is 0 Å². The standard InChI is InChI=1S/C20H35N5O.HI/c1-5-21-20(24-15-19-17(4)7-6-8-22-19)23-14-18(13-16(2)3)25-9-11-26-12-10-25;/h6-8,16,18H,5,9-15H2,1-4H3,(H2,21,23,24);1H. The second-order valence-electron chi connectivity index (χ2n) is 7.27. The molecule has 6 nitrogen and oxygen atoms in total. The molecular weight excluding hydrogens is 453 g/mol. The molecule has 0 radical (unpaired) electrons. The van der Waals surface area contributed by atoms with Gasteiger partial charge < -0.3 is 15.4 Å². The van der Waals surface area contributed by atoms with Gasteiger partial charge in [0.25, 0.3) is 0 Å². The molecule has 27 heavy (non-hydrogen) atoms. The Morgan fingerprint density at radius 2 is 2.04 bits per heavy atom. The van der Waals surface area contributed by atoms with Crippen LogP contribution in [0.3, 0.4) is 0 Å². The molecule has 2 heterocycles. The first-order chi connectivity index (χ1) is 12.6. The van der Waals surface area contributed by atoms with E-state index < -0.39 is 0 Å². The van der Waals surface area contributed by atoms with Crippen LogP contribution >= 0.6 is 24.0 Å². The molecule has 0 saturated carbocycles. The number of hydrogen-bond donors (Lipinski definition) is 2. The van der Waals surface area contributed by atoms with Gasteiger partial charge in [0.15, 0.2) is 5.96 Å². The van der Waals surface area contributed by atoms with E-state index in [4.69, 9.17) is 9.73 Å². The van der Waals surface area contributed by atoms with E-state index in [1.165, 1.54) is 12.0 Å². The number of hydrogen-bond acceptors (Lipinski definition) is 4. The van der Waals surface area contributed by atoms with Crippen molar-refractivity contribution < 1.29 is 4.74 Å². The van der Waals surface area contributed by atoms with E-state index in [1.807, 2.05) is 12.3 Å². The SMILES string of the molecule is CCNC(=NCc1ncccc1C)NCC(CC(C)C)N1CCOCC1.I. The van der Waals surface area contributed by atoms with Crippen molar-refractivity contribution in [3.8, 4) is 0 Å². The van der Waals surface area contributed by atoms with Gasteiger partial charge in [-0.15, -0.1) is 24.0 Å². The number of pyridine rings is 1. The maximum absolute atomic E-state index is 5.51. The van der Waals surface area contributed by atoms with Gasteiger partial charge in [-0.3, -0.25) is 9.88 Å². The van der Waals surface area contributed by atoms with E-state index in [-0.39, 0.29) is 24.0 Å². The van der Waals surface area contributed by atoms with Crippen LogP contribution < -0.4 is 10.6 Å². The van der Waals surface area contributed by atoms with E-state index in [9.17, 15) is 0 Å². The number of ether oxygens (including phenoxy) is 1. The summed E-state index contributed by atoms with van der Waals surface area (Å²) in [4.78, 5) is 11.7.